The van der Waals surface area contributed by atoms with E-state index in [1.165, 1.54) is 6.07 Å². The number of thiazole rings is 1. The van der Waals surface area contributed by atoms with Gasteiger partial charge in [0.15, 0.2) is 5.96 Å². The molecule has 2 N–H and O–H groups in total. The maximum atomic E-state index is 13.4. The summed E-state index contributed by atoms with van der Waals surface area (Å²) in [6.45, 7) is 6.63. The second-order valence-electron chi connectivity index (χ2n) is 6.87. The molecule has 0 amide bonds. The van der Waals surface area contributed by atoms with Gasteiger partial charge in [-0.3, -0.25) is 4.99 Å². The molecule has 2 aromatic rings. The van der Waals surface area contributed by atoms with Crippen LogP contribution in [-0.4, -0.2) is 37.1 Å². The quantitative estimate of drug-likeness (QED) is 0.607. The van der Waals surface area contributed by atoms with Crippen LogP contribution in [0, 0.1) is 12.7 Å². The van der Waals surface area contributed by atoms with Crippen LogP contribution in [0.5, 0.6) is 0 Å². The average molecular weight is 390 g/mol. The predicted octanol–water partition coefficient (Wildman–Crippen LogP) is 3.49. The highest BCUT2D eigenvalue weighted by Gasteiger charge is 2.22. The van der Waals surface area contributed by atoms with Gasteiger partial charge in [-0.15, -0.1) is 11.3 Å². The van der Waals surface area contributed by atoms with Crippen LogP contribution in [0.4, 0.5) is 10.1 Å². The smallest absolute Gasteiger partial charge is 0.191 e. The summed E-state index contributed by atoms with van der Waals surface area (Å²) >= 11 is 1.70. The van der Waals surface area contributed by atoms with E-state index >= 15 is 0 Å². The van der Waals surface area contributed by atoms with Gasteiger partial charge in [0.25, 0.3) is 0 Å². The summed E-state index contributed by atoms with van der Waals surface area (Å²) in [5.41, 5.74) is 3.14. The van der Waals surface area contributed by atoms with Crippen molar-refractivity contribution in [2.45, 2.75) is 45.7 Å². The minimum Gasteiger partial charge on any atom is -0.369 e. The fourth-order valence-electron chi connectivity index (χ4n) is 3.44. The number of benzene rings is 1. The van der Waals surface area contributed by atoms with Gasteiger partial charge in [0, 0.05) is 37.2 Å². The van der Waals surface area contributed by atoms with Gasteiger partial charge >= 0.3 is 0 Å². The molecule has 1 aliphatic rings. The molecule has 1 fully saturated rings. The molecule has 0 aliphatic carbocycles. The molecule has 1 aliphatic heterocycles. The Balaban J connectivity index is 1.56. The number of aliphatic imine (C=N–C) groups is 1. The molecular weight excluding hydrogens is 361 g/mol. The van der Waals surface area contributed by atoms with Gasteiger partial charge < -0.3 is 15.5 Å². The van der Waals surface area contributed by atoms with Gasteiger partial charge in [-0.1, -0.05) is 6.92 Å². The van der Waals surface area contributed by atoms with Gasteiger partial charge in [-0.05, 0) is 49.9 Å². The molecule has 146 valence electrons. The molecule has 7 heteroatoms. The maximum Gasteiger partial charge on any atom is 0.191 e. The number of anilines is 1. The molecule has 1 aromatic carbocycles. The summed E-state index contributed by atoms with van der Waals surface area (Å²) in [4.78, 5) is 11.3. The topological polar surface area (TPSA) is 52.6 Å². The molecule has 1 saturated heterocycles. The zero-order valence-electron chi connectivity index (χ0n) is 16.3. The van der Waals surface area contributed by atoms with E-state index < -0.39 is 0 Å². The number of rotatable bonds is 5. The van der Waals surface area contributed by atoms with Gasteiger partial charge in [0.05, 0.1) is 17.2 Å². The van der Waals surface area contributed by atoms with Crippen molar-refractivity contribution in [2.24, 2.45) is 4.99 Å². The van der Waals surface area contributed by atoms with Crippen molar-refractivity contribution in [3.8, 4) is 0 Å². The Morgan fingerprint density at radius 1 is 1.44 bits per heavy atom. The molecule has 1 atom stereocenters. The molecular formula is C20H28FN5S. The number of aromatic nitrogens is 1. The van der Waals surface area contributed by atoms with E-state index in [9.17, 15) is 4.39 Å². The minimum atomic E-state index is -0.180. The Labute approximate surface area is 164 Å². The fourth-order valence-corrected chi connectivity index (χ4v) is 4.19. The van der Waals surface area contributed by atoms with Crippen LogP contribution in [-0.2, 0) is 13.0 Å². The molecule has 0 bridgehead atoms. The summed E-state index contributed by atoms with van der Waals surface area (Å²) in [5, 5.41) is 10.1. The van der Waals surface area contributed by atoms with Crippen LogP contribution in [0.1, 0.15) is 36.0 Å². The van der Waals surface area contributed by atoms with Crippen molar-refractivity contribution in [3.05, 3.63) is 45.7 Å². The van der Waals surface area contributed by atoms with Gasteiger partial charge in [0.1, 0.15) is 5.82 Å². The third kappa shape index (κ3) is 5.19. The monoisotopic (exact) mass is 389 g/mol. The normalized spacial score (nSPS) is 17.9. The molecule has 3 rings (SSSR count). The Hall–Kier alpha value is -2.15. The molecule has 1 aromatic heterocycles. The first-order valence-corrected chi connectivity index (χ1v) is 10.4. The maximum absolute atomic E-state index is 13.4. The zero-order valence-corrected chi connectivity index (χ0v) is 17.1. The Bertz CT molecular complexity index is 788. The average Bonchev–Trinajstić information content (AvgIpc) is 3.13. The molecule has 0 radical (unpaired) electrons. The first kappa shape index (κ1) is 19.6. The van der Waals surface area contributed by atoms with Crippen LogP contribution in [0.15, 0.2) is 28.6 Å². The van der Waals surface area contributed by atoms with Crippen LogP contribution in [0.25, 0.3) is 0 Å². The second kappa shape index (κ2) is 9.17. The van der Waals surface area contributed by atoms with Crippen molar-refractivity contribution in [1.29, 1.82) is 0 Å². The zero-order chi connectivity index (χ0) is 19.2. The number of hydrogen-bond donors (Lipinski definition) is 2. The lowest BCUT2D eigenvalue weighted by molar-refractivity contribution is 0.467. The summed E-state index contributed by atoms with van der Waals surface area (Å²) < 4.78 is 13.4. The second-order valence-corrected chi connectivity index (χ2v) is 7.81. The highest BCUT2D eigenvalue weighted by molar-refractivity contribution is 7.09. The molecule has 0 saturated carbocycles. The van der Waals surface area contributed by atoms with E-state index in [1.807, 2.05) is 13.0 Å². The third-order valence-corrected chi connectivity index (χ3v) is 5.87. The molecule has 0 spiro atoms. The van der Waals surface area contributed by atoms with E-state index in [0.717, 1.165) is 60.3 Å². The van der Waals surface area contributed by atoms with Crippen molar-refractivity contribution in [3.63, 3.8) is 0 Å². The number of halogens is 1. The van der Waals surface area contributed by atoms with Gasteiger partial charge in [0.2, 0.25) is 0 Å². The van der Waals surface area contributed by atoms with Crippen LogP contribution in [0.2, 0.25) is 0 Å². The standard InChI is InChI=1S/C20H28FN5S/c1-4-19-24-17(13-27-19)11-23-20(22-3)25-16-6-5-9-26(12-16)18-8-7-15(21)10-14(18)2/h7-8,10,13,16H,4-6,9,11-12H2,1-3H3,(H2,22,23,25). The predicted molar refractivity (Wildman–Crippen MR) is 111 cm³/mol. The minimum absolute atomic E-state index is 0.180. The fraction of sp³-hybridized carbons (Fsp3) is 0.500. The summed E-state index contributed by atoms with van der Waals surface area (Å²) in [5.74, 6) is 0.615. The van der Waals surface area contributed by atoms with Crippen molar-refractivity contribution < 1.29 is 4.39 Å². The number of hydrogen-bond acceptors (Lipinski definition) is 4. The van der Waals surface area contributed by atoms with Gasteiger partial charge in [-0.25, -0.2) is 9.37 Å². The van der Waals surface area contributed by atoms with Crippen molar-refractivity contribution in [2.75, 3.05) is 25.0 Å². The Morgan fingerprint density at radius 2 is 2.30 bits per heavy atom. The lowest BCUT2D eigenvalue weighted by atomic mass is 10.0. The molecule has 27 heavy (non-hydrogen) atoms. The number of piperidine rings is 1. The number of aryl methyl sites for hydroxylation is 2. The van der Waals surface area contributed by atoms with Crippen molar-refractivity contribution in [1.82, 2.24) is 15.6 Å². The van der Waals surface area contributed by atoms with E-state index in [4.69, 9.17) is 0 Å². The molecule has 1 unspecified atom stereocenters. The first-order valence-electron chi connectivity index (χ1n) is 9.50. The largest absolute Gasteiger partial charge is 0.369 e. The summed E-state index contributed by atoms with van der Waals surface area (Å²) in [6.07, 6.45) is 3.16. The Morgan fingerprint density at radius 3 is 3.00 bits per heavy atom. The van der Waals surface area contributed by atoms with E-state index in [-0.39, 0.29) is 5.82 Å². The Kier molecular flexibility index (Phi) is 6.66. The molecule has 2 heterocycles. The first-order chi connectivity index (χ1) is 13.1. The lowest BCUT2D eigenvalue weighted by Gasteiger charge is -2.36. The van der Waals surface area contributed by atoms with E-state index in [0.29, 0.717) is 12.6 Å². The number of nitrogens with zero attached hydrogens (tertiary/aromatic N) is 3. The summed E-state index contributed by atoms with van der Waals surface area (Å²) in [6, 6.07) is 5.33. The SMILES string of the molecule is CCc1nc(CNC(=NC)NC2CCCN(c3ccc(F)cc3C)C2)cs1. The highest BCUT2D eigenvalue weighted by Crippen LogP contribution is 2.24. The lowest BCUT2D eigenvalue weighted by Crippen LogP contribution is -2.51. The van der Waals surface area contributed by atoms with Crippen LogP contribution >= 0.6 is 11.3 Å². The number of nitrogens with one attached hydrogen (secondary N) is 2. The highest BCUT2D eigenvalue weighted by atomic mass is 32.1. The third-order valence-electron chi connectivity index (χ3n) is 4.82. The van der Waals surface area contributed by atoms with Crippen LogP contribution < -0.4 is 15.5 Å². The van der Waals surface area contributed by atoms with E-state index in [2.05, 4.69) is 37.8 Å². The summed E-state index contributed by atoms with van der Waals surface area (Å²) in [7, 11) is 1.79. The van der Waals surface area contributed by atoms with E-state index in [1.54, 1.807) is 24.5 Å². The molecule has 5 nitrogen and oxygen atoms in total. The van der Waals surface area contributed by atoms with Crippen molar-refractivity contribution >= 4 is 23.0 Å². The van der Waals surface area contributed by atoms with Gasteiger partial charge in [-0.2, -0.15) is 0 Å². The number of guanidine groups is 1. The van der Waals surface area contributed by atoms with Crippen LogP contribution in [0.3, 0.4) is 0 Å².